The number of carbonyl (C=O) groups is 2. The summed E-state index contributed by atoms with van der Waals surface area (Å²) >= 11 is 0. The molecule has 0 radical (unpaired) electrons. The van der Waals surface area contributed by atoms with Crippen LogP contribution < -0.4 is 10.6 Å². The smallest absolute Gasteiger partial charge is 0.234 e. The summed E-state index contributed by atoms with van der Waals surface area (Å²) in [6.45, 7) is 4.19. The van der Waals surface area contributed by atoms with Crippen LogP contribution in [-0.2, 0) is 16.1 Å². The molecular weight excluding hydrogens is 369 g/mol. The molecule has 0 bridgehead atoms. The highest BCUT2D eigenvalue weighted by Gasteiger charge is 2.26. The van der Waals surface area contributed by atoms with Crippen molar-refractivity contribution in [2.24, 2.45) is 5.92 Å². The Balaban J connectivity index is 1.38. The molecule has 0 aromatic heterocycles. The maximum Gasteiger partial charge on any atom is 0.234 e. The van der Waals surface area contributed by atoms with E-state index in [4.69, 9.17) is 0 Å². The van der Waals surface area contributed by atoms with Crippen molar-refractivity contribution >= 4 is 11.8 Å². The van der Waals surface area contributed by atoms with Gasteiger partial charge in [0.05, 0.1) is 12.6 Å². The van der Waals surface area contributed by atoms with E-state index in [0.717, 1.165) is 37.1 Å². The van der Waals surface area contributed by atoms with Gasteiger partial charge in [-0.2, -0.15) is 0 Å². The van der Waals surface area contributed by atoms with E-state index < -0.39 is 0 Å². The minimum atomic E-state index is -0.289. The van der Waals surface area contributed by atoms with Crippen molar-refractivity contribution in [3.63, 3.8) is 0 Å². The first kappa shape index (κ1) is 21.0. The van der Waals surface area contributed by atoms with Gasteiger partial charge in [0.25, 0.3) is 0 Å². The Morgan fingerprint density at radius 1 is 1.07 bits per heavy atom. The van der Waals surface area contributed by atoms with Crippen molar-refractivity contribution in [1.29, 1.82) is 0 Å². The predicted molar refractivity (Wildman–Crippen MR) is 110 cm³/mol. The molecule has 1 saturated heterocycles. The van der Waals surface area contributed by atoms with Crippen molar-refractivity contribution in [2.45, 2.75) is 32.4 Å². The fourth-order valence-corrected chi connectivity index (χ4v) is 3.61. The molecule has 2 amide bonds. The normalized spacial score (nSPS) is 16.2. The molecule has 3 rings (SSSR count). The van der Waals surface area contributed by atoms with Gasteiger partial charge < -0.3 is 10.6 Å². The monoisotopic (exact) mass is 397 g/mol. The zero-order valence-electron chi connectivity index (χ0n) is 16.7. The van der Waals surface area contributed by atoms with E-state index in [1.807, 2.05) is 37.3 Å². The fourth-order valence-electron chi connectivity index (χ4n) is 3.61. The second kappa shape index (κ2) is 10.2. The van der Waals surface area contributed by atoms with Crippen LogP contribution in [-0.4, -0.2) is 36.3 Å². The molecule has 6 heteroatoms. The molecule has 0 spiro atoms. The van der Waals surface area contributed by atoms with Crippen LogP contribution in [0.2, 0.25) is 0 Å². The highest BCUT2D eigenvalue weighted by molar-refractivity contribution is 5.79. The zero-order chi connectivity index (χ0) is 20.6. The summed E-state index contributed by atoms with van der Waals surface area (Å²) in [6, 6.07) is 15.8. The number of rotatable bonds is 7. The maximum atomic E-state index is 13.0. The SMILES string of the molecule is CC(NC(=O)CN1CCC(C(=O)NCc2ccccc2)CC1)c1ccc(F)cc1. The number of amides is 2. The molecule has 2 aromatic rings. The third-order valence-electron chi connectivity index (χ3n) is 5.38. The number of hydrogen-bond acceptors (Lipinski definition) is 3. The lowest BCUT2D eigenvalue weighted by Crippen LogP contribution is -2.44. The van der Waals surface area contributed by atoms with Gasteiger partial charge >= 0.3 is 0 Å². The molecule has 2 aromatic carbocycles. The summed E-state index contributed by atoms with van der Waals surface area (Å²) in [6.07, 6.45) is 1.50. The lowest BCUT2D eigenvalue weighted by molar-refractivity contribution is -0.127. The molecule has 0 saturated carbocycles. The number of piperidine rings is 1. The number of benzene rings is 2. The Labute approximate surface area is 171 Å². The average molecular weight is 397 g/mol. The van der Waals surface area contributed by atoms with Crippen LogP contribution in [0, 0.1) is 11.7 Å². The summed E-state index contributed by atoms with van der Waals surface area (Å²) in [7, 11) is 0. The Bertz CT molecular complexity index is 803. The zero-order valence-corrected chi connectivity index (χ0v) is 16.7. The van der Waals surface area contributed by atoms with E-state index in [2.05, 4.69) is 15.5 Å². The lowest BCUT2D eigenvalue weighted by atomic mass is 9.96. The van der Waals surface area contributed by atoms with Gasteiger partial charge in [0.2, 0.25) is 11.8 Å². The standard InChI is InChI=1S/C23H28FN3O2/c1-17(19-7-9-21(24)10-8-19)26-22(28)16-27-13-11-20(12-14-27)23(29)25-15-18-5-3-2-4-6-18/h2-10,17,20H,11-16H2,1H3,(H,25,29)(H,26,28). The van der Waals surface area contributed by atoms with Gasteiger partial charge in [0.1, 0.15) is 5.82 Å². The van der Waals surface area contributed by atoms with Crippen molar-refractivity contribution in [3.8, 4) is 0 Å². The Morgan fingerprint density at radius 3 is 2.38 bits per heavy atom. The minimum absolute atomic E-state index is 0.00355. The molecule has 1 fully saturated rings. The van der Waals surface area contributed by atoms with Gasteiger partial charge in [0.15, 0.2) is 0 Å². The third-order valence-corrected chi connectivity index (χ3v) is 5.38. The number of likely N-dealkylation sites (tertiary alicyclic amines) is 1. The molecule has 1 aliphatic rings. The van der Waals surface area contributed by atoms with Gasteiger partial charge in [-0.05, 0) is 56.1 Å². The third kappa shape index (κ3) is 6.39. The Morgan fingerprint density at radius 2 is 1.72 bits per heavy atom. The minimum Gasteiger partial charge on any atom is -0.352 e. The average Bonchev–Trinajstić information content (AvgIpc) is 2.73. The highest BCUT2D eigenvalue weighted by Crippen LogP contribution is 2.18. The van der Waals surface area contributed by atoms with Crippen LogP contribution >= 0.6 is 0 Å². The van der Waals surface area contributed by atoms with Crippen LogP contribution in [0.25, 0.3) is 0 Å². The van der Waals surface area contributed by atoms with E-state index in [-0.39, 0.29) is 29.6 Å². The molecule has 1 aliphatic heterocycles. The van der Waals surface area contributed by atoms with Gasteiger partial charge in [-0.15, -0.1) is 0 Å². The highest BCUT2D eigenvalue weighted by atomic mass is 19.1. The fraction of sp³-hybridized carbons (Fsp3) is 0.391. The molecule has 1 heterocycles. The number of nitrogens with one attached hydrogen (secondary N) is 2. The maximum absolute atomic E-state index is 13.0. The van der Waals surface area contributed by atoms with Crippen LogP contribution in [0.4, 0.5) is 4.39 Å². The molecule has 2 N–H and O–H groups in total. The number of carbonyl (C=O) groups excluding carboxylic acids is 2. The van der Waals surface area contributed by atoms with Gasteiger partial charge in [-0.25, -0.2) is 4.39 Å². The van der Waals surface area contributed by atoms with Crippen molar-refractivity contribution in [1.82, 2.24) is 15.5 Å². The Kier molecular flexibility index (Phi) is 7.36. The number of nitrogens with zero attached hydrogens (tertiary/aromatic N) is 1. The molecule has 5 nitrogen and oxygen atoms in total. The van der Waals surface area contributed by atoms with Crippen LogP contribution in [0.3, 0.4) is 0 Å². The first-order chi connectivity index (χ1) is 14.0. The van der Waals surface area contributed by atoms with E-state index in [1.165, 1.54) is 12.1 Å². The van der Waals surface area contributed by atoms with E-state index in [0.29, 0.717) is 13.1 Å². The Hall–Kier alpha value is -2.73. The largest absolute Gasteiger partial charge is 0.352 e. The van der Waals surface area contributed by atoms with E-state index in [9.17, 15) is 14.0 Å². The van der Waals surface area contributed by atoms with E-state index >= 15 is 0 Å². The molecule has 1 atom stereocenters. The summed E-state index contributed by atoms with van der Waals surface area (Å²) in [5.74, 6) is -0.268. The molecule has 29 heavy (non-hydrogen) atoms. The summed E-state index contributed by atoms with van der Waals surface area (Å²) in [5.41, 5.74) is 1.96. The topological polar surface area (TPSA) is 61.4 Å². The summed E-state index contributed by atoms with van der Waals surface area (Å²) in [4.78, 5) is 26.8. The van der Waals surface area contributed by atoms with Crippen molar-refractivity contribution in [2.75, 3.05) is 19.6 Å². The van der Waals surface area contributed by atoms with Crippen LogP contribution in [0.5, 0.6) is 0 Å². The summed E-state index contributed by atoms with van der Waals surface area (Å²) < 4.78 is 13.0. The number of hydrogen-bond donors (Lipinski definition) is 2. The quantitative estimate of drug-likeness (QED) is 0.755. The molecule has 0 aliphatic carbocycles. The van der Waals surface area contributed by atoms with Crippen LogP contribution in [0.15, 0.2) is 54.6 Å². The van der Waals surface area contributed by atoms with Crippen LogP contribution in [0.1, 0.15) is 36.9 Å². The predicted octanol–water partition coefficient (Wildman–Crippen LogP) is 3.03. The van der Waals surface area contributed by atoms with Crippen molar-refractivity contribution in [3.05, 3.63) is 71.5 Å². The van der Waals surface area contributed by atoms with Crippen molar-refractivity contribution < 1.29 is 14.0 Å². The molecule has 154 valence electrons. The second-order valence-electron chi connectivity index (χ2n) is 7.59. The first-order valence-electron chi connectivity index (χ1n) is 10.1. The lowest BCUT2D eigenvalue weighted by Gasteiger charge is -2.31. The van der Waals surface area contributed by atoms with E-state index in [1.54, 1.807) is 12.1 Å². The first-order valence-corrected chi connectivity index (χ1v) is 10.1. The summed E-state index contributed by atoms with van der Waals surface area (Å²) in [5, 5.41) is 5.96. The van der Waals surface area contributed by atoms with Gasteiger partial charge in [-0.1, -0.05) is 42.5 Å². The second-order valence-corrected chi connectivity index (χ2v) is 7.59. The number of halogens is 1. The molecule has 1 unspecified atom stereocenters. The van der Waals surface area contributed by atoms with Gasteiger partial charge in [0, 0.05) is 12.5 Å². The molecular formula is C23H28FN3O2. The van der Waals surface area contributed by atoms with Gasteiger partial charge in [-0.3, -0.25) is 14.5 Å².